The first-order valence-electron chi connectivity index (χ1n) is 3.28. The Labute approximate surface area is 70.8 Å². The van der Waals surface area contributed by atoms with Gasteiger partial charge in [-0.05, 0) is 12.1 Å². The monoisotopic (exact) mass is 195 g/mol. The van der Waals surface area contributed by atoms with Gasteiger partial charge in [-0.25, -0.2) is 4.98 Å². The Hall–Kier alpha value is -1.17. The summed E-state index contributed by atoms with van der Waals surface area (Å²) in [6, 6.07) is 1.47. The van der Waals surface area contributed by atoms with Gasteiger partial charge in [0.25, 0.3) is 0 Å². The van der Waals surface area contributed by atoms with E-state index >= 15 is 0 Å². The number of rotatable bonds is 1. The van der Waals surface area contributed by atoms with E-state index in [4.69, 9.17) is 5.11 Å². The molecule has 0 saturated heterocycles. The zero-order valence-electron chi connectivity index (χ0n) is 6.27. The molecule has 72 valence electrons. The molecule has 0 spiro atoms. The molecular formula is C7H5F4NO. The lowest BCUT2D eigenvalue weighted by Crippen LogP contribution is -2.10. The number of aliphatic hydroxyl groups is 1. The average molecular weight is 195 g/mol. The Morgan fingerprint density at radius 1 is 1.31 bits per heavy atom. The molecule has 1 N–H and O–H groups in total. The van der Waals surface area contributed by atoms with E-state index in [0.29, 0.717) is 6.07 Å². The van der Waals surface area contributed by atoms with Crippen LogP contribution in [0, 0.1) is 5.95 Å². The SMILES string of the molecule is OCc1ccc(C(F)(F)F)nc1F. The van der Waals surface area contributed by atoms with Crippen LogP contribution in [0.15, 0.2) is 12.1 Å². The molecule has 0 aliphatic rings. The lowest BCUT2D eigenvalue weighted by Gasteiger charge is -2.06. The highest BCUT2D eigenvalue weighted by Crippen LogP contribution is 2.27. The third kappa shape index (κ3) is 2.15. The highest BCUT2D eigenvalue weighted by atomic mass is 19.4. The second-order valence-electron chi connectivity index (χ2n) is 2.30. The third-order valence-electron chi connectivity index (χ3n) is 1.39. The second-order valence-corrected chi connectivity index (χ2v) is 2.30. The summed E-state index contributed by atoms with van der Waals surface area (Å²) < 4.78 is 48.3. The van der Waals surface area contributed by atoms with Gasteiger partial charge in [0.1, 0.15) is 5.69 Å². The highest BCUT2D eigenvalue weighted by Gasteiger charge is 2.33. The molecule has 0 unspecified atom stereocenters. The van der Waals surface area contributed by atoms with Crippen LogP contribution < -0.4 is 0 Å². The van der Waals surface area contributed by atoms with Crippen LogP contribution in [0.25, 0.3) is 0 Å². The summed E-state index contributed by atoms with van der Waals surface area (Å²) >= 11 is 0. The van der Waals surface area contributed by atoms with E-state index in [1.165, 1.54) is 0 Å². The minimum absolute atomic E-state index is 0.256. The lowest BCUT2D eigenvalue weighted by atomic mass is 10.2. The molecule has 1 rings (SSSR count). The van der Waals surface area contributed by atoms with Gasteiger partial charge in [0.05, 0.1) is 6.61 Å². The number of alkyl halides is 3. The minimum atomic E-state index is -4.66. The van der Waals surface area contributed by atoms with Gasteiger partial charge in [0.15, 0.2) is 0 Å². The smallest absolute Gasteiger partial charge is 0.392 e. The summed E-state index contributed by atoms with van der Waals surface area (Å²) in [6.07, 6.45) is -4.66. The normalized spacial score (nSPS) is 11.8. The molecule has 0 bridgehead atoms. The van der Waals surface area contributed by atoms with E-state index in [1.54, 1.807) is 0 Å². The molecule has 2 nitrogen and oxygen atoms in total. The molecule has 0 saturated carbocycles. The van der Waals surface area contributed by atoms with Crippen molar-refractivity contribution in [3.05, 3.63) is 29.3 Å². The zero-order valence-corrected chi connectivity index (χ0v) is 6.27. The molecule has 1 aromatic rings. The number of hydrogen-bond acceptors (Lipinski definition) is 2. The Kier molecular flexibility index (Phi) is 2.51. The maximum absolute atomic E-state index is 12.6. The molecule has 0 fully saturated rings. The van der Waals surface area contributed by atoms with E-state index in [-0.39, 0.29) is 5.56 Å². The predicted octanol–water partition coefficient (Wildman–Crippen LogP) is 1.73. The van der Waals surface area contributed by atoms with Crippen LogP contribution in [0.4, 0.5) is 17.6 Å². The standard InChI is InChI=1S/C7H5F4NO/c8-6-4(3-13)1-2-5(12-6)7(9,10)11/h1-2,13H,3H2. The summed E-state index contributed by atoms with van der Waals surface area (Å²) in [7, 11) is 0. The Morgan fingerprint density at radius 2 is 1.92 bits per heavy atom. The number of hydrogen-bond donors (Lipinski definition) is 1. The predicted molar refractivity (Wildman–Crippen MR) is 35.1 cm³/mol. The van der Waals surface area contributed by atoms with Crippen molar-refractivity contribution in [1.82, 2.24) is 4.98 Å². The van der Waals surface area contributed by atoms with Crippen molar-refractivity contribution < 1.29 is 22.7 Å². The molecule has 1 aromatic heterocycles. The fourth-order valence-corrected chi connectivity index (χ4v) is 0.739. The average Bonchev–Trinajstić information content (AvgIpc) is 2.02. The van der Waals surface area contributed by atoms with Crippen LogP contribution >= 0.6 is 0 Å². The maximum atomic E-state index is 12.6. The van der Waals surface area contributed by atoms with Crippen molar-refractivity contribution in [1.29, 1.82) is 0 Å². The summed E-state index contributed by atoms with van der Waals surface area (Å²) in [5, 5.41) is 8.45. The summed E-state index contributed by atoms with van der Waals surface area (Å²) in [5.74, 6) is -1.29. The highest BCUT2D eigenvalue weighted by molar-refractivity contribution is 5.16. The van der Waals surface area contributed by atoms with Crippen molar-refractivity contribution >= 4 is 0 Å². The molecule has 0 amide bonds. The number of aliphatic hydroxyl groups excluding tert-OH is 1. The molecule has 0 aliphatic carbocycles. The molecule has 6 heteroatoms. The zero-order chi connectivity index (χ0) is 10.1. The first kappa shape index (κ1) is 9.91. The van der Waals surface area contributed by atoms with Gasteiger partial charge < -0.3 is 5.11 Å². The second kappa shape index (κ2) is 3.29. The van der Waals surface area contributed by atoms with Gasteiger partial charge in [-0.2, -0.15) is 17.6 Å². The largest absolute Gasteiger partial charge is 0.433 e. The van der Waals surface area contributed by atoms with Crippen LogP contribution in [0.3, 0.4) is 0 Å². The van der Waals surface area contributed by atoms with Crippen molar-refractivity contribution in [3.63, 3.8) is 0 Å². The van der Waals surface area contributed by atoms with E-state index in [0.717, 1.165) is 6.07 Å². The number of aromatic nitrogens is 1. The van der Waals surface area contributed by atoms with E-state index in [9.17, 15) is 17.6 Å². The first-order valence-corrected chi connectivity index (χ1v) is 3.28. The van der Waals surface area contributed by atoms with Gasteiger partial charge in [-0.3, -0.25) is 0 Å². The maximum Gasteiger partial charge on any atom is 0.433 e. The van der Waals surface area contributed by atoms with Gasteiger partial charge in [-0.15, -0.1) is 0 Å². The topological polar surface area (TPSA) is 33.1 Å². The molecular weight excluding hydrogens is 190 g/mol. The first-order chi connectivity index (χ1) is 5.95. The molecule has 0 atom stereocenters. The summed E-state index contributed by atoms with van der Waals surface area (Å²) in [5.41, 5.74) is -1.56. The molecule has 13 heavy (non-hydrogen) atoms. The number of pyridine rings is 1. The van der Waals surface area contributed by atoms with Crippen LogP contribution in [0.2, 0.25) is 0 Å². The lowest BCUT2D eigenvalue weighted by molar-refractivity contribution is -0.141. The Balaban J connectivity index is 3.10. The van der Waals surface area contributed by atoms with Gasteiger partial charge in [-0.1, -0.05) is 0 Å². The van der Waals surface area contributed by atoms with Crippen LogP contribution in [-0.2, 0) is 12.8 Å². The molecule has 1 heterocycles. The van der Waals surface area contributed by atoms with Crippen LogP contribution in [-0.4, -0.2) is 10.1 Å². The fourth-order valence-electron chi connectivity index (χ4n) is 0.739. The molecule has 0 radical (unpaired) electrons. The van der Waals surface area contributed by atoms with Crippen molar-refractivity contribution in [2.75, 3.05) is 0 Å². The molecule has 0 aliphatic heterocycles. The van der Waals surface area contributed by atoms with Gasteiger partial charge >= 0.3 is 6.18 Å². The van der Waals surface area contributed by atoms with E-state index in [2.05, 4.69) is 4.98 Å². The Morgan fingerprint density at radius 3 is 2.31 bits per heavy atom. The van der Waals surface area contributed by atoms with Gasteiger partial charge in [0.2, 0.25) is 5.95 Å². The van der Waals surface area contributed by atoms with E-state index in [1.807, 2.05) is 0 Å². The van der Waals surface area contributed by atoms with Crippen molar-refractivity contribution in [2.45, 2.75) is 12.8 Å². The Bertz CT molecular complexity index is 310. The van der Waals surface area contributed by atoms with Crippen molar-refractivity contribution in [3.8, 4) is 0 Å². The van der Waals surface area contributed by atoms with Gasteiger partial charge in [0, 0.05) is 5.56 Å². The van der Waals surface area contributed by atoms with Crippen LogP contribution in [0.1, 0.15) is 11.3 Å². The summed E-state index contributed by atoms with van der Waals surface area (Å²) in [4.78, 5) is 2.66. The minimum Gasteiger partial charge on any atom is -0.392 e. The fraction of sp³-hybridized carbons (Fsp3) is 0.286. The number of nitrogens with zero attached hydrogens (tertiary/aromatic N) is 1. The quantitative estimate of drug-likeness (QED) is 0.546. The third-order valence-corrected chi connectivity index (χ3v) is 1.39. The molecule has 0 aromatic carbocycles. The number of halogens is 4. The van der Waals surface area contributed by atoms with Crippen molar-refractivity contribution in [2.24, 2.45) is 0 Å². The van der Waals surface area contributed by atoms with E-state index < -0.39 is 24.4 Å². The summed E-state index contributed by atoms with van der Waals surface area (Å²) in [6.45, 7) is -0.670. The van der Waals surface area contributed by atoms with Crippen LogP contribution in [0.5, 0.6) is 0 Å².